The fraction of sp³-hybridized carbons (Fsp3) is 0.909. The van der Waals surface area contributed by atoms with Crippen LogP contribution in [0.3, 0.4) is 0 Å². The average molecular weight is 216 g/mol. The van der Waals surface area contributed by atoms with Crippen LogP contribution in [0.1, 0.15) is 41.0 Å². The molecular formula is C11H24N2O2. The van der Waals surface area contributed by atoms with Crippen molar-refractivity contribution in [2.45, 2.75) is 52.7 Å². The van der Waals surface area contributed by atoms with Crippen molar-refractivity contribution in [3.8, 4) is 0 Å². The van der Waals surface area contributed by atoms with Gasteiger partial charge >= 0.3 is 6.09 Å². The Kier molecular flexibility index (Phi) is 5.65. The summed E-state index contributed by atoms with van der Waals surface area (Å²) in [4.78, 5) is 11.4. The summed E-state index contributed by atoms with van der Waals surface area (Å²) >= 11 is 0. The molecule has 0 rings (SSSR count). The standard InChI is InChI=1S/C11H24N2O2/c1-8(2)6-9(7-12)13-10(14)15-11(3,4)5/h8-9H,6-7,12H2,1-5H3,(H,13,14)/t9-/m1/s1. The summed E-state index contributed by atoms with van der Waals surface area (Å²) < 4.78 is 5.15. The Morgan fingerprint density at radius 2 is 1.93 bits per heavy atom. The van der Waals surface area contributed by atoms with Crippen molar-refractivity contribution in [3.05, 3.63) is 0 Å². The highest BCUT2D eigenvalue weighted by atomic mass is 16.6. The van der Waals surface area contributed by atoms with Crippen LogP contribution in [0.2, 0.25) is 0 Å². The lowest BCUT2D eigenvalue weighted by Crippen LogP contribution is -2.43. The molecule has 0 aliphatic heterocycles. The van der Waals surface area contributed by atoms with Gasteiger partial charge < -0.3 is 15.8 Å². The first-order valence-corrected chi connectivity index (χ1v) is 5.44. The number of nitrogens with two attached hydrogens (primary N) is 1. The van der Waals surface area contributed by atoms with E-state index in [1.54, 1.807) is 0 Å². The number of ether oxygens (including phenoxy) is 1. The first-order chi connectivity index (χ1) is 6.74. The van der Waals surface area contributed by atoms with E-state index < -0.39 is 11.7 Å². The number of nitrogens with one attached hydrogen (secondary N) is 1. The van der Waals surface area contributed by atoms with Gasteiger partial charge in [-0.25, -0.2) is 4.79 Å². The smallest absolute Gasteiger partial charge is 0.407 e. The molecule has 1 atom stereocenters. The maximum Gasteiger partial charge on any atom is 0.407 e. The van der Waals surface area contributed by atoms with Gasteiger partial charge in [-0.05, 0) is 33.1 Å². The minimum atomic E-state index is -0.457. The molecule has 4 nitrogen and oxygen atoms in total. The molecule has 0 radical (unpaired) electrons. The molecular weight excluding hydrogens is 192 g/mol. The summed E-state index contributed by atoms with van der Waals surface area (Å²) in [5.74, 6) is 0.508. The van der Waals surface area contributed by atoms with Gasteiger partial charge in [0.1, 0.15) is 5.60 Å². The van der Waals surface area contributed by atoms with E-state index in [4.69, 9.17) is 10.5 Å². The van der Waals surface area contributed by atoms with E-state index in [2.05, 4.69) is 19.2 Å². The van der Waals surface area contributed by atoms with Crippen LogP contribution in [-0.4, -0.2) is 24.3 Å². The van der Waals surface area contributed by atoms with E-state index >= 15 is 0 Å². The number of hydrogen-bond donors (Lipinski definition) is 2. The second-order valence-electron chi connectivity index (χ2n) is 5.21. The predicted molar refractivity (Wildman–Crippen MR) is 61.7 cm³/mol. The second-order valence-corrected chi connectivity index (χ2v) is 5.21. The molecule has 15 heavy (non-hydrogen) atoms. The normalized spacial score (nSPS) is 13.8. The van der Waals surface area contributed by atoms with E-state index in [9.17, 15) is 4.79 Å². The molecule has 3 N–H and O–H groups in total. The molecule has 0 aromatic heterocycles. The Balaban J connectivity index is 4.02. The molecule has 1 amide bonds. The first kappa shape index (κ1) is 14.2. The number of alkyl carbamates (subject to hydrolysis) is 1. The van der Waals surface area contributed by atoms with Crippen molar-refractivity contribution in [2.75, 3.05) is 6.54 Å². The SMILES string of the molecule is CC(C)C[C@H](CN)NC(=O)OC(C)(C)C. The van der Waals surface area contributed by atoms with Gasteiger partial charge in [-0.3, -0.25) is 0 Å². The number of amides is 1. The summed E-state index contributed by atoms with van der Waals surface area (Å²) in [6, 6.07) is -0.000139. The molecule has 0 spiro atoms. The molecule has 0 aliphatic rings. The van der Waals surface area contributed by atoms with Gasteiger partial charge in [0.05, 0.1) is 0 Å². The molecule has 0 saturated carbocycles. The Morgan fingerprint density at radius 1 is 1.40 bits per heavy atom. The third kappa shape index (κ3) is 8.24. The zero-order valence-electron chi connectivity index (χ0n) is 10.5. The second kappa shape index (κ2) is 5.95. The van der Waals surface area contributed by atoms with Gasteiger partial charge in [-0.1, -0.05) is 13.8 Å². The molecule has 0 aromatic rings. The fourth-order valence-electron chi connectivity index (χ4n) is 1.26. The van der Waals surface area contributed by atoms with E-state index in [-0.39, 0.29) is 6.04 Å². The molecule has 0 aromatic carbocycles. The zero-order valence-corrected chi connectivity index (χ0v) is 10.5. The molecule has 0 saturated heterocycles. The summed E-state index contributed by atoms with van der Waals surface area (Å²) in [7, 11) is 0. The van der Waals surface area contributed by atoms with Crippen LogP contribution >= 0.6 is 0 Å². The molecule has 0 bridgehead atoms. The van der Waals surface area contributed by atoms with Crippen molar-refractivity contribution < 1.29 is 9.53 Å². The Hall–Kier alpha value is -0.770. The van der Waals surface area contributed by atoms with E-state index in [1.165, 1.54) is 0 Å². The third-order valence-electron chi connectivity index (χ3n) is 1.76. The summed E-state index contributed by atoms with van der Waals surface area (Å²) in [6.45, 7) is 10.2. The van der Waals surface area contributed by atoms with E-state index in [0.717, 1.165) is 6.42 Å². The van der Waals surface area contributed by atoms with Gasteiger partial charge in [-0.2, -0.15) is 0 Å². The van der Waals surface area contributed by atoms with Crippen molar-refractivity contribution in [2.24, 2.45) is 11.7 Å². The van der Waals surface area contributed by atoms with Gasteiger partial charge in [-0.15, -0.1) is 0 Å². The van der Waals surface area contributed by atoms with Crippen LogP contribution in [0.15, 0.2) is 0 Å². The fourth-order valence-corrected chi connectivity index (χ4v) is 1.26. The molecule has 0 unspecified atom stereocenters. The number of hydrogen-bond acceptors (Lipinski definition) is 3. The summed E-state index contributed by atoms with van der Waals surface area (Å²) in [6.07, 6.45) is 0.481. The lowest BCUT2D eigenvalue weighted by atomic mass is 10.0. The van der Waals surface area contributed by atoms with Gasteiger partial charge in [0.25, 0.3) is 0 Å². The van der Waals surface area contributed by atoms with Crippen molar-refractivity contribution >= 4 is 6.09 Å². The lowest BCUT2D eigenvalue weighted by Gasteiger charge is -2.23. The lowest BCUT2D eigenvalue weighted by molar-refractivity contribution is 0.0500. The van der Waals surface area contributed by atoms with Crippen LogP contribution in [0.4, 0.5) is 4.79 Å². The highest BCUT2D eigenvalue weighted by Crippen LogP contribution is 2.08. The monoisotopic (exact) mass is 216 g/mol. The maximum absolute atomic E-state index is 11.4. The van der Waals surface area contributed by atoms with Crippen molar-refractivity contribution in [3.63, 3.8) is 0 Å². The quantitative estimate of drug-likeness (QED) is 0.754. The largest absolute Gasteiger partial charge is 0.444 e. The summed E-state index contributed by atoms with van der Waals surface area (Å²) in [5.41, 5.74) is 5.11. The first-order valence-electron chi connectivity index (χ1n) is 5.44. The van der Waals surface area contributed by atoms with Gasteiger partial charge in [0, 0.05) is 12.6 Å². The minimum absolute atomic E-state index is 0.000139. The Bertz CT molecular complexity index is 197. The molecule has 0 fully saturated rings. The van der Waals surface area contributed by atoms with Crippen LogP contribution < -0.4 is 11.1 Å². The highest BCUT2D eigenvalue weighted by molar-refractivity contribution is 5.68. The minimum Gasteiger partial charge on any atom is -0.444 e. The van der Waals surface area contributed by atoms with Gasteiger partial charge in [0.2, 0.25) is 0 Å². The van der Waals surface area contributed by atoms with Crippen LogP contribution in [0, 0.1) is 5.92 Å². The topological polar surface area (TPSA) is 64.3 Å². The molecule has 4 heteroatoms. The molecule has 90 valence electrons. The molecule has 0 heterocycles. The van der Waals surface area contributed by atoms with Gasteiger partial charge in [0.15, 0.2) is 0 Å². The van der Waals surface area contributed by atoms with Crippen LogP contribution in [0.5, 0.6) is 0 Å². The Labute approximate surface area is 92.6 Å². The highest BCUT2D eigenvalue weighted by Gasteiger charge is 2.19. The van der Waals surface area contributed by atoms with E-state index in [0.29, 0.717) is 12.5 Å². The number of carbonyl (C=O) groups is 1. The van der Waals surface area contributed by atoms with Crippen molar-refractivity contribution in [1.29, 1.82) is 0 Å². The Morgan fingerprint density at radius 3 is 2.27 bits per heavy atom. The predicted octanol–water partition coefficient (Wildman–Crippen LogP) is 1.88. The van der Waals surface area contributed by atoms with Crippen molar-refractivity contribution in [1.82, 2.24) is 5.32 Å². The number of carbonyl (C=O) groups excluding carboxylic acids is 1. The third-order valence-corrected chi connectivity index (χ3v) is 1.76. The zero-order chi connectivity index (χ0) is 12.1. The molecule has 0 aliphatic carbocycles. The summed E-state index contributed by atoms with van der Waals surface area (Å²) in [5, 5.41) is 2.77. The number of rotatable bonds is 4. The average Bonchev–Trinajstić information content (AvgIpc) is 1.98. The van der Waals surface area contributed by atoms with E-state index in [1.807, 2.05) is 20.8 Å². The maximum atomic E-state index is 11.4. The van der Waals surface area contributed by atoms with Crippen LogP contribution in [0.25, 0.3) is 0 Å². The van der Waals surface area contributed by atoms with Crippen LogP contribution in [-0.2, 0) is 4.74 Å².